The maximum atomic E-state index is 13.4. The highest BCUT2D eigenvalue weighted by Crippen LogP contribution is 2.13. The second-order valence-corrected chi connectivity index (χ2v) is 13.1. The minimum absolute atomic E-state index is 0.00118. The van der Waals surface area contributed by atoms with E-state index in [9.17, 15) is 29.1 Å². The van der Waals surface area contributed by atoms with Gasteiger partial charge in [0.05, 0.1) is 6.04 Å². The molecule has 7 N–H and O–H groups in total. The van der Waals surface area contributed by atoms with Crippen molar-refractivity contribution in [3.8, 4) is 0 Å². The molecule has 0 aromatic heterocycles. The lowest BCUT2D eigenvalue weighted by molar-refractivity contribution is -0.143. The van der Waals surface area contributed by atoms with Crippen LogP contribution in [0.25, 0.3) is 0 Å². The zero-order chi connectivity index (χ0) is 33.8. The van der Waals surface area contributed by atoms with E-state index in [0.717, 1.165) is 19.3 Å². The fourth-order valence-corrected chi connectivity index (χ4v) is 5.05. The highest BCUT2D eigenvalue weighted by atomic mass is 32.1. The molecule has 0 spiro atoms. The van der Waals surface area contributed by atoms with Crippen LogP contribution in [0.4, 0.5) is 0 Å². The van der Waals surface area contributed by atoms with Gasteiger partial charge in [0, 0.05) is 5.75 Å². The second kappa shape index (κ2) is 23.1. The molecule has 4 amide bonds. The van der Waals surface area contributed by atoms with Gasteiger partial charge in [-0.05, 0) is 30.6 Å². The number of carboxylic acids is 1. The van der Waals surface area contributed by atoms with Crippen LogP contribution in [-0.4, -0.2) is 70.7 Å². The molecule has 0 rings (SSSR count). The zero-order valence-corrected chi connectivity index (χ0v) is 29.0. The Labute approximate surface area is 270 Å². The fourth-order valence-electron chi connectivity index (χ4n) is 4.79. The SMILES string of the molecule is CCCCCCCCCCC(N)C(=O)N[C@@H](CS)C(=O)N[C@H](C(=O)N[C@H](C(=O)N[C@@H](CC(C)C)C(=O)O)C(C)CC)C(C)C. The molecule has 0 saturated carbocycles. The first-order valence-corrected chi connectivity index (χ1v) is 17.1. The van der Waals surface area contributed by atoms with Gasteiger partial charge in [0.25, 0.3) is 0 Å². The molecule has 256 valence electrons. The molecule has 0 radical (unpaired) electrons. The maximum Gasteiger partial charge on any atom is 0.326 e. The van der Waals surface area contributed by atoms with E-state index in [1.54, 1.807) is 20.8 Å². The number of carboxylic acid groups (broad SMARTS) is 1. The molecular formula is C32H61N5O6S. The van der Waals surface area contributed by atoms with Crippen LogP contribution in [0.15, 0.2) is 0 Å². The number of thiol groups is 1. The molecule has 6 atom stereocenters. The molecule has 0 aromatic carbocycles. The Hall–Kier alpha value is -2.34. The lowest BCUT2D eigenvalue weighted by Crippen LogP contribution is -2.61. The number of aliphatic carboxylic acids is 1. The van der Waals surface area contributed by atoms with E-state index < -0.39 is 59.8 Å². The third kappa shape index (κ3) is 16.7. The molecule has 0 fully saturated rings. The zero-order valence-electron chi connectivity index (χ0n) is 28.1. The maximum absolute atomic E-state index is 13.4. The van der Waals surface area contributed by atoms with Crippen molar-refractivity contribution in [1.82, 2.24) is 21.3 Å². The second-order valence-electron chi connectivity index (χ2n) is 12.7. The van der Waals surface area contributed by atoms with Crippen LogP contribution >= 0.6 is 12.6 Å². The number of rotatable bonds is 24. The van der Waals surface area contributed by atoms with E-state index in [1.165, 1.54) is 32.1 Å². The molecule has 2 unspecified atom stereocenters. The minimum atomic E-state index is -1.15. The molecule has 12 heteroatoms. The molecule has 0 aromatic rings. The Kier molecular flexibility index (Phi) is 21.8. The number of nitrogens with two attached hydrogens (primary N) is 1. The first-order valence-electron chi connectivity index (χ1n) is 16.5. The Morgan fingerprint density at radius 1 is 0.682 bits per heavy atom. The smallest absolute Gasteiger partial charge is 0.326 e. The molecule has 0 aliphatic carbocycles. The molecule has 0 aliphatic rings. The van der Waals surface area contributed by atoms with Gasteiger partial charge < -0.3 is 32.1 Å². The monoisotopic (exact) mass is 643 g/mol. The van der Waals surface area contributed by atoms with Gasteiger partial charge in [-0.3, -0.25) is 19.2 Å². The topological polar surface area (TPSA) is 180 Å². The molecule has 0 bridgehead atoms. The van der Waals surface area contributed by atoms with Crippen molar-refractivity contribution >= 4 is 42.2 Å². The summed E-state index contributed by atoms with van der Waals surface area (Å²) in [5, 5.41) is 20.2. The van der Waals surface area contributed by atoms with Gasteiger partial charge >= 0.3 is 5.97 Å². The number of carbonyl (C=O) groups excluding carboxylic acids is 4. The van der Waals surface area contributed by atoms with Crippen molar-refractivity contribution in [2.75, 3.05) is 5.75 Å². The van der Waals surface area contributed by atoms with E-state index in [1.807, 2.05) is 20.8 Å². The van der Waals surface area contributed by atoms with E-state index in [0.29, 0.717) is 12.8 Å². The van der Waals surface area contributed by atoms with Crippen LogP contribution < -0.4 is 27.0 Å². The summed E-state index contributed by atoms with van der Waals surface area (Å²) >= 11 is 4.23. The first kappa shape index (κ1) is 41.7. The van der Waals surface area contributed by atoms with Gasteiger partial charge in [-0.1, -0.05) is 106 Å². The number of amides is 4. The van der Waals surface area contributed by atoms with Gasteiger partial charge in [-0.15, -0.1) is 0 Å². The Morgan fingerprint density at radius 3 is 1.66 bits per heavy atom. The van der Waals surface area contributed by atoms with Gasteiger partial charge in [-0.25, -0.2) is 4.79 Å². The van der Waals surface area contributed by atoms with Crippen LogP contribution in [0.5, 0.6) is 0 Å². The molecular weight excluding hydrogens is 582 g/mol. The average molecular weight is 644 g/mol. The van der Waals surface area contributed by atoms with E-state index in [2.05, 4.69) is 40.8 Å². The molecule has 11 nitrogen and oxygen atoms in total. The Balaban J connectivity index is 5.26. The number of unbranched alkanes of at least 4 members (excludes halogenated alkanes) is 7. The van der Waals surface area contributed by atoms with E-state index >= 15 is 0 Å². The molecule has 0 aliphatic heterocycles. The summed E-state index contributed by atoms with van der Waals surface area (Å²) in [4.78, 5) is 64.1. The number of nitrogens with one attached hydrogen (secondary N) is 4. The van der Waals surface area contributed by atoms with Crippen LogP contribution in [0.1, 0.15) is 119 Å². The van der Waals surface area contributed by atoms with Crippen molar-refractivity contribution in [3.05, 3.63) is 0 Å². The fraction of sp³-hybridized carbons (Fsp3) is 0.844. The van der Waals surface area contributed by atoms with Crippen LogP contribution in [0.3, 0.4) is 0 Å². The Morgan fingerprint density at radius 2 is 1.18 bits per heavy atom. The van der Waals surface area contributed by atoms with Crippen LogP contribution in [0, 0.1) is 17.8 Å². The highest BCUT2D eigenvalue weighted by molar-refractivity contribution is 7.80. The van der Waals surface area contributed by atoms with Gasteiger partial charge in [0.15, 0.2) is 0 Å². The predicted molar refractivity (Wildman–Crippen MR) is 178 cm³/mol. The summed E-state index contributed by atoms with van der Waals surface area (Å²) in [6.07, 6.45) is 10.4. The van der Waals surface area contributed by atoms with E-state index in [4.69, 9.17) is 5.73 Å². The van der Waals surface area contributed by atoms with Crippen molar-refractivity contribution < 1.29 is 29.1 Å². The standard InChI is InChI=1S/C32H61N5O6S/c1-8-10-11-12-13-14-15-16-17-23(33)28(38)35-25(19-44)29(39)36-26(21(5)6)30(40)37-27(22(7)9-2)31(41)34-24(32(42)43)18-20(3)4/h20-27,44H,8-19,33H2,1-7H3,(H,34,41)(H,35,38)(H,36,39)(H,37,40)(H,42,43)/t22?,23?,24-,25-,26-,27-/m0/s1. The quantitative estimate of drug-likeness (QED) is 0.0621. The minimum Gasteiger partial charge on any atom is -0.480 e. The van der Waals surface area contributed by atoms with E-state index in [-0.39, 0.29) is 29.9 Å². The van der Waals surface area contributed by atoms with Gasteiger partial charge in [0.1, 0.15) is 24.2 Å². The Bertz CT molecular complexity index is 887. The summed E-state index contributed by atoms with van der Waals surface area (Å²) in [7, 11) is 0. The predicted octanol–water partition coefficient (Wildman–Crippen LogP) is 3.55. The van der Waals surface area contributed by atoms with Crippen molar-refractivity contribution in [2.24, 2.45) is 23.5 Å². The normalized spacial score (nSPS) is 15.5. The lowest BCUT2D eigenvalue weighted by atomic mass is 9.95. The number of hydrogen-bond donors (Lipinski definition) is 7. The van der Waals surface area contributed by atoms with Crippen LogP contribution in [0.2, 0.25) is 0 Å². The summed E-state index contributed by atoms with van der Waals surface area (Å²) < 4.78 is 0. The number of carbonyl (C=O) groups is 5. The van der Waals surface area contributed by atoms with Crippen LogP contribution in [-0.2, 0) is 24.0 Å². The summed E-state index contributed by atoms with van der Waals surface area (Å²) in [5.74, 6) is -3.99. The summed E-state index contributed by atoms with van der Waals surface area (Å²) in [6.45, 7) is 13.1. The lowest BCUT2D eigenvalue weighted by Gasteiger charge is -2.30. The highest BCUT2D eigenvalue weighted by Gasteiger charge is 2.34. The average Bonchev–Trinajstić information content (AvgIpc) is 2.96. The van der Waals surface area contributed by atoms with Gasteiger partial charge in [0.2, 0.25) is 23.6 Å². The largest absolute Gasteiger partial charge is 0.480 e. The number of hydrogen-bond acceptors (Lipinski definition) is 7. The third-order valence-corrected chi connectivity index (χ3v) is 8.25. The van der Waals surface area contributed by atoms with Crippen molar-refractivity contribution in [3.63, 3.8) is 0 Å². The molecule has 44 heavy (non-hydrogen) atoms. The first-order chi connectivity index (χ1) is 20.7. The third-order valence-electron chi connectivity index (χ3n) is 7.88. The van der Waals surface area contributed by atoms with Crippen molar-refractivity contribution in [1.29, 1.82) is 0 Å². The molecule has 0 heterocycles. The summed E-state index contributed by atoms with van der Waals surface area (Å²) in [5.41, 5.74) is 6.10. The van der Waals surface area contributed by atoms with Gasteiger partial charge in [-0.2, -0.15) is 12.6 Å². The summed E-state index contributed by atoms with van der Waals surface area (Å²) in [6, 6.07) is -4.87. The molecule has 0 saturated heterocycles. The van der Waals surface area contributed by atoms with Crippen molar-refractivity contribution in [2.45, 2.75) is 149 Å².